The van der Waals surface area contributed by atoms with Gasteiger partial charge in [-0.25, -0.2) is 0 Å². The first-order chi connectivity index (χ1) is 18.0. The molecule has 0 saturated heterocycles. The Hall–Kier alpha value is -1.67. The minimum absolute atomic E-state index is 0.0334. The molecule has 1 aliphatic rings. The van der Waals surface area contributed by atoms with Crippen LogP contribution in [-0.2, 0) is 30.0 Å². The molecule has 0 spiro atoms. The van der Waals surface area contributed by atoms with Gasteiger partial charge in [0.1, 0.15) is 11.9 Å². The summed E-state index contributed by atoms with van der Waals surface area (Å²) in [4.78, 5) is 12.0. The van der Waals surface area contributed by atoms with Gasteiger partial charge in [0.2, 0.25) is 8.32 Å². The summed E-state index contributed by atoms with van der Waals surface area (Å²) in [6.45, 7) is 18.5. The molecule has 4 atom stereocenters. The van der Waals surface area contributed by atoms with Gasteiger partial charge in [-0.2, -0.15) is 0 Å². The Morgan fingerprint density at radius 2 is 1.53 bits per heavy atom. The topological polar surface area (TPSA) is 63.2 Å². The molecule has 0 amide bonds. The van der Waals surface area contributed by atoms with Crippen LogP contribution in [0, 0.1) is 0 Å². The number of carbonyl (C=O) groups excluding carboxylic acids is 1. The Morgan fingerprint density at radius 3 is 2.03 bits per heavy atom. The highest BCUT2D eigenvalue weighted by molar-refractivity contribution is 6.77. The van der Waals surface area contributed by atoms with Gasteiger partial charge in [-0.3, -0.25) is 4.79 Å². The fraction of sp³-hybridized carbons (Fsp3) is 0.710. The van der Waals surface area contributed by atoms with Crippen LogP contribution in [0.1, 0.15) is 86.6 Å². The minimum Gasteiger partial charge on any atom is -0.497 e. The number of esters is 1. The van der Waals surface area contributed by atoms with Crippen molar-refractivity contribution in [2.75, 3.05) is 13.7 Å². The van der Waals surface area contributed by atoms with E-state index in [0.29, 0.717) is 42.7 Å². The first-order valence-electron chi connectivity index (χ1n) is 14.4. The SMILES string of the molecule is CC[C@H]1O[C@@H](CCOCc2ccc(OC)cc2)[C@H](OC(C)=O)C/C=C\C[C@@H]1O[Si](C(C)C)(C(C)C)C(C)C. The minimum atomic E-state index is -2.10. The monoisotopic (exact) mass is 548 g/mol. The molecule has 1 heterocycles. The predicted octanol–water partition coefficient (Wildman–Crippen LogP) is 7.61. The van der Waals surface area contributed by atoms with E-state index in [9.17, 15) is 4.79 Å². The third-order valence-electron chi connectivity index (χ3n) is 7.84. The number of methoxy groups -OCH3 is 1. The lowest BCUT2D eigenvalue weighted by Gasteiger charge is -2.46. The maximum absolute atomic E-state index is 12.0. The molecule has 0 aromatic heterocycles. The molecule has 0 fully saturated rings. The number of hydrogen-bond donors (Lipinski definition) is 0. The van der Waals surface area contributed by atoms with Crippen molar-refractivity contribution in [3.8, 4) is 5.75 Å². The lowest BCUT2D eigenvalue weighted by atomic mass is 10.1. The summed E-state index contributed by atoms with van der Waals surface area (Å²) in [5.74, 6) is 0.536. The molecule has 7 heteroatoms. The number of hydrogen-bond acceptors (Lipinski definition) is 6. The Kier molecular flexibility index (Phi) is 13.5. The molecule has 0 saturated carbocycles. The summed E-state index contributed by atoms with van der Waals surface area (Å²) in [5, 5.41) is 0. The van der Waals surface area contributed by atoms with Crippen molar-refractivity contribution in [1.29, 1.82) is 0 Å². The standard InChI is InChI=1S/C31H52O6Si/c1-10-28-31(37-38(22(2)3,23(4)5)24(6)7)14-12-11-13-29(35-25(8)32)30(36-28)19-20-34-21-26-15-17-27(33-9)18-16-26/h11-12,15-18,22-24,28-31H,10,13-14,19-21H2,1-9H3/b12-11-/t28-,29-,30+,31+/m1/s1. The van der Waals surface area contributed by atoms with Gasteiger partial charge in [-0.15, -0.1) is 0 Å². The molecule has 1 aromatic carbocycles. The number of carbonyl (C=O) groups is 1. The summed E-state index contributed by atoms with van der Waals surface area (Å²) in [6.07, 6.45) is 6.43. The second-order valence-electron chi connectivity index (χ2n) is 11.4. The van der Waals surface area contributed by atoms with Crippen molar-refractivity contribution in [2.24, 2.45) is 0 Å². The third-order valence-corrected chi connectivity index (χ3v) is 14.0. The number of rotatable bonds is 13. The Bertz CT molecular complexity index is 829. The predicted molar refractivity (Wildman–Crippen MR) is 156 cm³/mol. The van der Waals surface area contributed by atoms with Crippen molar-refractivity contribution in [3.63, 3.8) is 0 Å². The first kappa shape index (κ1) is 32.5. The van der Waals surface area contributed by atoms with E-state index in [1.807, 2.05) is 24.3 Å². The van der Waals surface area contributed by atoms with Crippen LogP contribution in [0.2, 0.25) is 16.6 Å². The van der Waals surface area contributed by atoms with E-state index in [-0.39, 0.29) is 30.4 Å². The van der Waals surface area contributed by atoms with Crippen molar-refractivity contribution in [2.45, 2.75) is 129 Å². The Labute approximate surface area is 232 Å². The highest BCUT2D eigenvalue weighted by atomic mass is 28.4. The molecule has 0 N–H and O–H groups in total. The van der Waals surface area contributed by atoms with E-state index >= 15 is 0 Å². The molecule has 2 rings (SSSR count). The normalized spacial score (nSPS) is 23.7. The smallest absolute Gasteiger partial charge is 0.303 e. The Morgan fingerprint density at radius 1 is 0.947 bits per heavy atom. The quantitative estimate of drug-likeness (QED) is 0.109. The maximum atomic E-state index is 12.0. The second-order valence-corrected chi connectivity index (χ2v) is 16.8. The second kappa shape index (κ2) is 15.8. The fourth-order valence-corrected chi connectivity index (χ4v) is 11.6. The van der Waals surface area contributed by atoms with Crippen LogP contribution >= 0.6 is 0 Å². The molecule has 216 valence electrons. The van der Waals surface area contributed by atoms with Gasteiger partial charge in [0, 0.05) is 26.4 Å². The van der Waals surface area contributed by atoms with Gasteiger partial charge in [-0.05, 0) is 47.2 Å². The summed E-state index contributed by atoms with van der Waals surface area (Å²) in [5.41, 5.74) is 2.56. The zero-order chi connectivity index (χ0) is 28.3. The maximum Gasteiger partial charge on any atom is 0.303 e. The van der Waals surface area contributed by atoms with E-state index < -0.39 is 8.32 Å². The van der Waals surface area contributed by atoms with Gasteiger partial charge in [0.25, 0.3) is 0 Å². The van der Waals surface area contributed by atoms with Gasteiger partial charge in [0.15, 0.2) is 0 Å². The van der Waals surface area contributed by atoms with Crippen molar-refractivity contribution < 1.29 is 28.2 Å². The largest absolute Gasteiger partial charge is 0.497 e. The number of benzene rings is 1. The van der Waals surface area contributed by atoms with Crippen LogP contribution in [0.25, 0.3) is 0 Å². The van der Waals surface area contributed by atoms with Gasteiger partial charge in [-0.1, -0.05) is 72.8 Å². The van der Waals surface area contributed by atoms with Crippen LogP contribution < -0.4 is 4.74 Å². The van der Waals surface area contributed by atoms with Crippen LogP contribution in [0.3, 0.4) is 0 Å². The van der Waals surface area contributed by atoms with Crippen molar-refractivity contribution >= 4 is 14.3 Å². The molecular formula is C31H52O6Si. The number of ether oxygens (including phenoxy) is 4. The molecule has 1 aromatic rings. The molecule has 6 nitrogen and oxygen atoms in total. The molecule has 0 unspecified atom stereocenters. The fourth-order valence-electron chi connectivity index (χ4n) is 6.02. The summed E-state index contributed by atoms with van der Waals surface area (Å²) in [7, 11) is -0.442. The average Bonchev–Trinajstić information content (AvgIpc) is 2.94. The molecule has 0 radical (unpaired) electrons. The van der Waals surface area contributed by atoms with Crippen LogP contribution in [0.5, 0.6) is 5.75 Å². The summed E-state index contributed by atoms with van der Waals surface area (Å²) >= 11 is 0. The van der Waals surface area contributed by atoms with Gasteiger partial charge < -0.3 is 23.4 Å². The van der Waals surface area contributed by atoms with Crippen LogP contribution in [0.15, 0.2) is 36.4 Å². The van der Waals surface area contributed by atoms with E-state index in [4.69, 9.17) is 23.4 Å². The van der Waals surface area contributed by atoms with Crippen molar-refractivity contribution in [3.05, 3.63) is 42.0 Å². The van der Waals surface area contributed by atoms with Gasteiger partial charge >= 0.3 is 5.97 Å². The lowest BCUT2D eigenvalue weighted by molar-refractivity contribution is -0.164. The van der Waals surface area contributed by atoms with Crippen LogP contribution in [-0.4, -0.2) is 52.4 Å². The first-order valence-corrected chi connectivity index (χ1v) is 16.5. The molecule has 0 bridgehead atoms. The van der Waals surface area contributed by atoms with Gasteiger partial charge in [0.05, 0.1) is 32.0 Å². The highest BCUT2D eigenvalue weighted by Crippen LogP contribution is 2.44. The summed E-state index contributed by atoms with van der Waals surface area (Å²) in [6, 6.07) is 7.88. The zero-order valence-electron chi connectivity index (χ0n) is 25.2. The van der Waals surface area contributed by atoms with E-state index in [1.54, 1.807) is 7.11 Å². The molecule has 38 heavy (non-hydrogen) atoms. The van der Waals surface area contributed by atoms with E-state index in [0.717, 1.165) is 24.2 Å². The average molecular weight is 549 g/mol. The van der Waals surface area contributed by atoms with E-state index in [1.165, 1.54) is 6.92 Å². The third kappa shape index (κ3) is 8.93. The van der Waals surface area contributed by atoms with E-state index in [2.05, 4.69) is 60.6 Å². The zero-order valence-corrected chi connectivity index (χ0v) is 26.2. The molecular weight excluding hydrogens is 496 g/mol. The molecule has 1 aliphatic heterocycles. The highest BCUT2D eigenvalue weighted by Gasteiger charge is 2.48. The van der Waals surface area contributed by atoms with Crippen LogP contribution in [0.4, 0.5) is 0 Å². The lowest BCUT2D eigenvalue weighted by Crippen LogP contribution is -2.53. The molecule has 0 aliphatic carbocycles. The Balaban J connectivity index is 2.20. The van der Waals surface area contributed by atoms with Crippen molar-refractivity contribution in [1.82, 2.24) is 0 Å². The summed E-state index contributed by atoms with van der Waals surface area (Å²) < 4.78 is 31.1.